The fourth-order valence-electron chi connectivity index (χ4n) is 1.38. The molecule has 0 saturated heterocycles. The number of hydrogen-bond acceptors (Lipinski definition) is 2. The Bertz CT molecular complexity index is 534. The molecule has 2 nitrogen and oxygen atoms in total. The number of pyridine rings is 1. The van der Waals surface area contributed by atoms with Crippen LogP contribution in [0.4, 0.5) is 10.1 Å². The molecule has 1 N–H and O–H groups in total. The second kappa shape index (κ2) is 5.47. The molecule has 0 amide bonds. The Morgan fingerprint density at radius 1 is 1.29 bits per heavy atom. The van der Waals surface area contributed by atoms with Crippen molar-refractivity contribution < 1.29 is 4.39 Å². The van der Waals surface area contributed by atoms with Gasteiger partial charge in [-0.15, -0.1) is 0 Å². The van der Waals surface area contributed by atoms with Crippen LogP contribution >= 0.6 is 27.5 Å². The third-order valence-electron chi connectivity index (χ3n) is 2.18. The summed E-state index contributed by atoms with van der Waals surface area (Å²) in [7, 11) is 0. The van der Waals surface area contributed by atoms with Gasteiger partial charge in [0, 0.05) is 17.2 Å². The summed E-state index contributed by atoms with van der Waals surface area (Å²) in [5, 5.41) is 3.74. The lowest BCUT2D eigenvalue weighted by atomic mass is 10.2. The van der Waals surface area contributed by atoms with Crippen LogP contribution in [-0.4, -0.2) is 4.98 Å². The Morgan fingerprint density at radius 3 is 2.82 bits per heavy atom. The van der Waals surface area contributed by atoms with Gasteiger partial charge in [0.15, 0.2) is 0 Å². The van der Waals surface area contributed by atoms with Gasteiger partial charge in [-0.2, -0.15) is 0 Å². The van der Waals surface area contributed by atoms with Crippen molar-refractivity contribution in [1.29, 1.82) is 0 Å². The average Bonchev–Trinajstić information content (AvgIpc) is 2.28. The highest BCUT2D eigenvalue weighted by Gasteiger charge is 2.01. The van der Waals surface area contributed by atoms with Gasteiger partial charge in [0.25, 0.3) is 0 Å². The first-order chi connectivity index (χ1) is 8.15. The molecule has 1 heterocycles. The van der Waals surface area contributed by atoms with E-state index >= 15 is 0 Å². The summed E-state index contributed by atoms with van der Waals surface area (Å²) >= 11 is 9.37. The SMILES string of the molecule is Fc1cncc(CNc2ccc(Br)cc2Cl)c1. The number of benzene rings is 1. The molecule has 0 radical (unpaired) electrons. The van der Waals surface area contributed by atoms with E-state index in [0.717, 1.165) is 15.7 Å². The van der Waals surface area contributed by atoms with Crippen molar-refractivity contribution in [2.45, 2.75) is 6.54 Å². The van der Waals surface area contributed by atoms with E-state index in [2.05, 4.69) is 26.2 Å². The summed E-state index contributed by atoms with van der Waals surface area (Å²) in [6.45, 7) is 0.478. The zero-order chi connectivity index (χ0) is 12.3. The van der Waals surface area contributed by atoms with Crippen LogP contribution < -0.4 is 5.32 Å². The Kier molecular flexibility index (Phi) is 3.97. The van der Waals surface area contributed by atoms with Gasteiger partial charge in [0.1, 0.15) is 5.82 Å². The number of aromatic nitrogens is 1. The van der Waals surface area contributed by atoms with Crippen molar-refractivity contribution in [2.24, 2.45) is 0 Å². The summed E-state index contributed by atoms with van der Waals surface area (Å²) in [5.41, 5.74) is 1.57. The van der Waals surface area contributed by atoms with E-state index < -0.39 is 0 Å². The van der Waals surface area contributed by atoms with Crippen molar-refractivity contribution >= 4 is 33.2 Å². The Morgan fingerprint density at radius 2 is 2.12 bits per heavy atom. The number of hydrogen-bond donors (Lipinski definition) is 1. The van der Waals surface area contributed by atoms with E-state index in [4.69, 9.17) is 11.6 Å². The fraction of sp³-hybridized carbons (Fsp3) is 0.0833. The lowest BCUT2D eigenvalue weighted by molar-refractivity contribution is 0.619. The number of nitrogens with zero attached hydrogens (tertiary/aromatic N) is 1. The van der Waals surface area contributed by atoms with Gasteiger partial charge in [-0.3, -0.25) is 4.98 Å². The second-order valence-corrected chi connectivity index (χ2v) is 4.81. The normalized spacial score (nSPS) is 10.3. The lowest BCUT2D eigenvalue weighted by Gasteiger charge is -2.08. The van der Waals surface area contributed by atoms with Crippen LogP contribution in [0.5, 0.6) is 0 Å². The van der Waals surface area contributed by atoms with Gasteiger partial charge in [0.05, 0.1) is 16.9 Å². The van der Waals surface area contributed by atoms with Crippen molar-refractivity contribution in [3.8, 4) is 0 Å². The molecule has 1 aromatic heterocycles. The molecule has 1 aromatic carbocycles. The molecule has 0 spiro atoms. The van der Waals surface area contributed by atoms with Crippen molar-refractivity contribution in [2.75, 3.05) is 5.32 Å². The standard InChI is InChI=1S/C12H9BrClFN2/c13-9-1-2-12(11(14)4-9)17-6-8-3-10(15)7-16-5-8/h1-5,7,17H,6H2. The highest BCUT2D eigenvalue weighted by atomic mass is 79.9. The number of anilines is 1. The third-order valence-corrected chi connectivity index (χ3v) is 2.98. The van der Waals surface area contributed by atoms with Crippen LogP contribution in [0.2, 0.25) is 5.02 Å². The molecule has 0 saturated carbocycles. The topological polar surface area (TPSA) is 24.9 Å². The minimum absolute atomic E-state index is 0.341. The number of nitrogens with one attached hydrogen (secondary N) is 1. The van der Waals surface area contributed by atoms with Gasteiger partial charge in [-0.05, 0) is 29.8 Å². The Balaban J connectivity index is 2.07. The van der Waals surface area contributed by atoms with Crippen molar-refractivity contribution in [1.82, 2.24) is 4.98 Å². The molecule has 0 aliphatic heterocycles. The monoisotopic (exact) mass is 314 g/mol. The minimum atomic E-state index is -0.341. The van der Waals surface area contributed by atoms with Gasteiger partial charge in [-0.1, -0.05) is 27.5 Å². The molecule has 2 rings (SSSR count). The Labute approximate surface area is 112 Å². The van der Waals surface area contributed by atoms with Crippen LogP contribution in [0.1, 0.15) is 5.56 Å². The zero-order valence-corrected chi connectivity index (χ0v) is 11.1. The molecule has 17 heavy (non-hydrogen) atoms. The molecule has 5 heteroatoms. The maximum Gasteiger partial charge on any atom is 0.141 e. The van der Waals surface area contributed by atoms with Gasteiger partial charge in [-0.25, -0.2) is 4.39 Å². The fourth-order valence-corrected chi connectivity index (χ4v) is 2.12. The molecule has 0 aliphatic rings. The largest absolute Gasteiger partial charge is 0.380 e. The third kappa shape index (κ3) is 3.41. The highest BCUT2D eigenvalue weighted by Crippen LogP contribution is 2.25. The molecule has 0 bridgehead atoms. The predicted molar refractivity (Wildman–Crippen MR) is 70.7 cm³/mol. The summed E-state index contributed by atoms with van der Waals surface area (Å²) in [5.74, 6) is -0.341. The first-order valence-corrected chi connectivity index (χ1v) is 6.10. The zero-order valence-electron chi connectivity index (χ0n) is 8.75. The van der Waals surface area contributed by atoms with Crippen molar-refractivity contribution in [3.05, 3.63) is 57.5 Å². The summed E-state index contributed by atoms with van der Waals surface area (Å²) in [4.78, 5) is 3.78. The number of halogens is 3. The Hall–Kier alpha value is -1.13. The maximum atomic E-state index is 12.9. The predicted octanol–water partition coefficient (Wildman–Crippen LogP) is 4.25. The molecule has 2 aromatic rings. The van der Waals surface area contributed by atoms with Gasteiger partial charge < -0.3 is 5.32 Å². The van der Waals surface area contributed by atoms with Crippen LogP contribution in [0.15, 0.2) is 41.1 Å². The molecular formula is C12H9BrClFN2. The summed E-state index contributed by atoms with van der Waals surface area (Å²) in [6.07, 6.45) is 2.79. The summed E-state index contributed by atoms with van der Waals surface area (Å²) in [6, 6.07) is 6.98. The van der Waals surface area contributed by atoms with Crippen LogP contribution in [0.3, 0.4) is 0 Å². The number of rotatable bonds is 3. The molecule has 0 fully saturated rings. The van der Waals surface area contributed by atoms with E-state index in [1.54, 1.807) is 12.3 Å². The van der Waals surface area contributed by atoms with E-state index in [1.165, 1.54) is 12.3 Å². The molecule has 0 unspecified atom stereocenters. The summed E-state index contributed by atoms with van der Waals surface area (Å²) < 4.78 is 13.8. The van der Waals surface area contributed by atoms with E-state index in [0.29, 0.717) is 11.6 Å². The molecule has 0 aliphatic carbocycles. The molecular weight excluding hydrogens is 307 g/mol. The first-order valence-electron chi connectivity index (χ1n) is 4.93. The quantitative estimate of drug-likeness (QED) is 0.916. The van der Waals surface area contributed by atoms with E-state index in [-0.39, 0.29) is 5.82 Å². The van der Waals surface area contributed by atoms with Gasteiger partial charge in [0.2, 0.25) is 0 Å². The van der Waals surface area contributed by atoms with Crippen LogP contribution in [-0.2, 0) is 6.54 Å². The highest BCUT2D eigenvalue weighted by molar-refractivity contribution is 9.10. The van der Waals surface area contributed by atoms with Crippen LogP contribution in [0.25, 0.3) is 0 Å². The minimum Gasteiger partial charge on any atom is -0.380 e. The van der Waals surface area contributed by atoms with E-state index in [1.807, 2.05) is 12.1 Å². The second-order valence-electron chi connectivity index (χ2n) is 3.49. The van der Waals surface area contributed by atoms with Crippen molar-refractivity contribution in [3.63, 3.8) is 0 Å². The molecule has 88 valence electrons. The average molecular weight is 316 g/mol. The first kappa shape index (κ1) is 12.3. The molecule has 0 atom stereocenters. The smallest absolute Gasteiger partial charge is 0.141 e. The lowest BCUT2D eigenvalue weighted by Crippen LogP contribution is -2.00. The maximum absolute atomic E-state index is 12.9. The van der Waals surface area contributed by atoms with Crippen LogP contribution in [0, 0.1) is 5.82 Å². The van der Waals surface area contributed by atoms with Gasteiger partial charge >= 0.3 is 0 Å². The van der Waals surface area contributed by atoms with E-state index in [9.17, 15) is 4.39 Å².